The Morgan fingerprint density at radius 3 is 2.81 bits per heavy atom. The standard InChI is InChI=1S/C11H13ClFNO2/c1-3-16-11(15)10(14-2)8-5-4-7(13)6-9(8)12/h4-6,10,14H,3H2,1-2H3. The van der Waals surface area contributed by atoms with Crippen LogP contribution in [-0.4, -0.2) is 19.6 Å². The number of likely N-dealkylation sites (N-methyl/N-ethyl adjacent to an activating group) is 1. The Labute approximate surface area is 98.5 Å². The molecular weight excluding hydrogens is 233 g/mol. The zero-order valence-electron chi connectivity index (χ0n) is 9.09. The Morgan fingerprint density at radius 1 is 1.62 bits per heavy atom. The zero-order chi connectivity index (χ0) is 12.1. The Morgan fingerprint density at radius 2 is 2.31 bits per heavy atom. The number of hydrogen-bond acceptors (Lipinski definition) is 3. The minimum Gasteiger partial charge on any atom is -0.465 e. The van der Waals surface area contributed by atoms with Gasteiger partial charge in [-0.25, -0.2) is 9.18 Å². The van der Waals surface area contributed by atoms with Crippen LogP contribution in [0.2, 0.25) is 5.02 Å². The molecule has 1 atom stereocenters. The lowest BCUT2D eigenvalue weighted by Gasteiger charge is -2.16. The van der Waals surface area contributed by atoms with E-state index in [0.29, 0.717) is 5.56 Å². The molecule has 0 aliphatic heterocycles. The minimum atomic E-state index is -0.673. The molecule has 0 spiro atoms. The molecule has 1 unspecified atom stereocenters. The van der Waals surface area contributed by atoms with Gasteiger partial charge in [0.1, 0.15) is 11.9 Å². The number of esters is 1. The summed E-state index contributed by atoms with van der Waals surface area (Å²) >= 11 is 5.86. The average molecular weight is 246 g/mol. The second-order valence-corrected chi connectivity index (χ2v) is 3.55. The number of halogens is 2. The molecule has 88 valence electrons. The predicted octanol–water partition coefficient (Wildman–Crippen LogP) is 2.30. The number of carbonyl (C=O) groups excluding carboxylic acids is 1. The summed E-state index contributed by atoms with van der Waals surface area (Å²) in [7, 11) is 1.61. The average Bonchev–Trinajstić information content (AvgIpc) is 2.22. The second kappa shape index (κ2) is 5.82. The van der Waals surface area contributed by atoms with Gasteiger partial charge in [-0.15, -0.1) is 0 Å². The van der Waals surface area contributed by atoms with Gasteiger partial charge in [0.25, 0.3) is 0 Å². The summed E-state index contributed by atoms with van der Waals surface area (Å²) in [6, 6.07) is 3.22. The molecule has 1 N–H and O–H groups in total. The third-order valence-electron chi connectivity index (χ3n) is 2.08. The normalized spacial score (nSPS) is 12.2. The first-order valence-electron chi connectivity index (χ1n) is 4.89. The SMILES string of the molecule is CCOC(=O)C(NC)c1ccc(F)cc1Cl. The number of hydrogen-bond donors (Lipinski definition) is 1. The van der Waals surface area contributed by atoms with Gasteiger partial charge < -0.3 is 10.1 Å². The molecule has 0 heterocycles. The summed E-state index contributed by atoms with van der Waals surface area (Å²) in [5, 5.41) is 2.98. The van der Waals surface area contributed by atoms with E-state index in [1.54, 1.807) is 14.0 Å². The number of nitrogens with one attached hydrogen (secondary N) is 1. The maximum Gasteiger partial charge on any atom is 0.327 e. The van der Waals surface area contributed by atoms with Crippen LogP contribution in [0.25, 0.3) is 0 Å². The van der Waals surface area contributed by atoms with Gasteiger partial charge in [-0.2, -0.15) is 0 Å². The van der Waals surface area contributed by atoms with Crippen LogP contribution in [0.15, 0.2) is 18.2 Å². The highest BCUT2D eigenvalue weighted by atomic mass is 35.5. The van der Waals surface area contributed by atoms with Crippen molar-refractivity contribution < 1.29 is 13.9 Å². The van der Waals surface area contributed by atoms with Crippen molar-refractivity contribution in [1.82, 2.24) is 5.32 Å². The Bertz CT molecular complexity index is 384. The van der Waals surface area contributed by atoms with Crippen LogP contribution in [0.5, 0.6) is 0 Å². The summed E-state index contributed by atoms with van der Waals surface area (Å²) in [6.45, 7) is 2.01. The summed E-state index contributed by atoms with van der Waals surface area (Å²) in [5.41, 5.74) is 0.504. The molecule has 5 heteroatoms. The van der Waals surface area contributed by atoms with E-state index in [1.165, 1.54) is 18.2 Å². The van der Waals surface area contributed by atoms with Gasteiger partial charge in [0, 0.05) is 5.02 Å². The van der Waals surface area contributed by atoms with Crippen molar-refractivity contribution in [2.24, 2.45) is 0 Å². The van der Waals surface area contributed by atoms with Gasteiger partial charge >= 0.3 is 5.97 Å². The molecule has 0 saturated carbocycles. The van der Waals surface area contributed by atoms with Crippen molar-refractivity contribution in [2.45, 2.75) is 13.0 Å². The van der Waals surface area contributed by atoms with Crippen molar-refractivity contribution in [3.63, 3.8) is 0 Å². The topological polar surface area (TPSA) is 38.3 Å². The van der Waals surface area contributed by atoms with E-state index in [4.69, 9.17) is 16.3 Å². The number of benzene rings is 1. The lowest BCUT2D eigenvalue weighted by molar-refractivity contribution is -0.145. The fraction of sp³-hybridized carbons (Fsp3) is 0.364. The van der Waals surface area contributed by atoms with E-state index in [1.807, 2.05) is 0 Å². The summed E-state index contributed by atoms with van der Waals surface area (Å²) in [6.07, 6.45) is 0. The Kier molecular flexibility index (Phi) is 4.71. The largest absolute Gasteiger partial charge is 0.465 e. The van der Waals surface area contributed by atoms with Crippen LogP contribution in [0, 0.1) is 5.82 Å². The Hall–Kier alpha value is -1.13. The fourth-order valence-corrected chi connectivity index (χ4v) is 1.64. The number of carbonyl (C=O) groups is 1. The molecule has 0 fully saturated rings. The first kappa shape index (κ1) is 12.9. The highest BCUT2D eigenvalue weighted by Crippen LogP contribution is 2.24. The second-order valence-electron chi connectivity index (χ2n) is 3.14. The van der Waals surface area contributed by atoms with Crippen molar-refractivity contribution in [1.29, 1.82) is 0 Å². The molecule has 0 aliphatic carbocycles. The lowest BCUT2D eigenvalue weighted by Crippen LogP contribution is -2.27. The molecule has 0 aliphatic rings. The maximum absolute atomic E-state index is 12.8. The van der Waals surface area contributed by atoms with E-state index in [-0.39, 0.29) is 11.6 Å². The smallest absolute Gasteiger partial charge is 0.327 e. The van der Waals surface area contributed by atoms with Gasteiger partial charge in [0.05, 0.1) is 6.61 Å². The van der Waals surface area contributed by atoms with Crippen molar-refractivity contribution >= 4 is 17.6 Å². The van der Waals surface area contributed by atoms with Crippen molar-refractivity contribution in [3.05, 3.63) is 34.6 Å². The van der Waals surface area contributed by atoms with Crippen LogP contribution < -0.4 is 5.32 Å². The van der Waals surface area contributed by atoms with Crippen molar-refractivity contribution in [3.8, 4) is 0 Å². The predicted molar refractivity (Wildman–Crippen MR) is 59.8 cm³/mol. The highest BCUT2D eigenvalue weighted by Gasteiger charge is 2.22. The van der Waals surface area contributed by atoms with Gasteiger partial charge in [-0.3, -0.25) is 0 Å². The van der Waals surface area contributed by atoms with Crippen LogP contribution in [0.4, 0.5) is 4.39 Å². The molecular formula is C11H13ClFNO2. The molecule has 16 heavy (non-hydrogen) atoms. The van der Waals surface area contributed by atoms with Gasteiger partial charge in [-0.1, -0.05) is 17.7 Å². The third kappa shape index (κ3) is 2.93. The van der Waals surface area contributed by atoms with E-state index in [0.717, 1.165) is 0 Å². The summed E-state index contributed by atoms with van der Waals surface area (Å²) < 4.78 is 17.7. The zero-order valence-corrected chi connectivity index (χ0v) is 9.84. The van der Waals surface area contributed by atoms with E-state index >= 15 is 0 Å². The molecule has 0 radical (unpaired) electrons. The van der Waals surface area contributed by atoms with Gasteiger partial charge in [0.2, 0.25) is 0 Å². The van der Waals surface area contributed by atoms with E-state index < -0.39 is 17.8 Å². The molecule has 0 aromatic heterocycles. The number of ether oxygens (including phenoxy) is 1. The first-order valence-corrected chi connectivity index (χ1v) is 5.26. The lowest BCUT2D eigenvalue weighted by atomic mass is 10.1. The van der Waals surface area contributed by atoms with Crippen LogP contribution in [0.1, 0.15) is 18.5 Å². The van der Waals surface area contributed by atoms with Gasteiger partial charge in [-0.05, 0) is 31.7 Å². The van der Waals surface area contributed by atoms with E-state index in [9.17, 15) is 9.18 Å². The maximum atomic E-state index is 12.8. The third-order valence-corrected chi connectivity index (χ3v) is 2.41. The van der Waals surface area contributed by atoms with E-state index in [2.05, 4.69) is 5.32 Å². The van der Waals surface area contributed by atoms with Gasteiger partial charge in [0.15, 0.2) is 0 Å². The molecule has 0 amide bonds. The summed E-state index contributed by atoms with van der Waals surface area (Å²) in [5.74, 6) is -0.869. The number of rotatable bonds is 4. The Balaban J connectivity index is 2.99. The molecule has 3 nitrogen and oxygen atoms in total. The van der Waals surface area contributed by atoms with Crippen LogP contribution in [0.3, 0.4) is 0 Å². The van der Waals surface area contributed by atoms with Crippen LogP contribution in [-0.2, 0) is 9.53 Å². The monoisotopic (exact) mass is 245 g/mol. The first-order chi connectivity index (χ1) is 7.60. The van der Waals surface area contributed by atoms with Crippen LogP contribution >= 0.6 is 11.6 Å². The fourth-order valence-electron chi connectivity index (χ4n) is 1.36. The van der Waals surface area contributed by atoms with Crippen molar-refractivity contribution in [2.75, 3.05) is 13.7 Å². The molecule has 1 rings (SSSR count). The molecule has 0 saturated heterocycles. The summed E-state index contributed by atoms with van der Waals surface area (Å²) in [4.78, 5) is 11.6. The molecule has 1 aromatic rings. The minimum absolute atomic E-state index is 0.201. The quantitative estimate of drug-likeness (QED) is 0.828. The highest BCUT2D eigenvalue weighted by molar-refractivity contribution is 6.31. The molecule has 0 bridgehead atoms. The molecule has 1 aromatic carbocycles.